The van der Waals surface area contributed by atoms with Gasteiger partial charge in [0, 0.05) is 13.1 Å². The Morgan fingerprint density at radius 1 is 1.40 bits per heavy atom. The maximum absolute atomic E-state index is 12.5. The Kier molecular flexibility index (Phi) is 5.08. The van der Waals surface area contributed by atoms with Gasteiger partial charge in [-0.3, -0.25) is 0 Å². The molecule has 1 N–H and O–H groups in total. The summed E-state index contributed by atoms with van der Waals surface area (Å²) < 4.78 is 26.2. The van der Waals surface area contributed by atoms with Crippen molar-refractivity contribution < 1.29 is 18.3 Å². The molecule has 1 rings (SSSR count). The minimum Gasteiger partial charge on any atom is -0.478 e. The predicted molar refractivity (Wildman–Crippen MR) is 77.5 cm³/mol. The normalized spacial score (nSPS) is 11.6. The molecule has 0 aliphatic heterocycles. The number of carbonyl (C=O) groups is 1. The molecule has 0 saturated heterocycles. The van der Waals surface area contributed by atoms with Crippen LogP contribution < -0.4 is 0 Å². The molecular weight excluding hydrogens is 278 g/mol. The zero-order valence-electron chi connectivity index (χ0n) is 11.9. The molecule has 0 unspecified atom stereocenters. The van der Waals surface area contributed by atoms with Gasteiger partial charge in [-0.25, -0.2) is 13.2 Å². The molecule has 0 atom stereocenters. The fraction of sp³-hybridized carbons (Fsp3) is 0.357. The van der Waals surface area contributed by atoms with Crippen molar-refractivity contribution in [2.45, 2.75) is 25.7 Å². The average molecular weight is 297 g/mol. The van der Waals surface area contributed by atoms with E-state index in [0.717, 1.165) is 0 Å². The van der Waals surface area contributed by atoms with E-state index in [1.54, 1.807) is 20.8 Å². The number of carboxylic acid groups (broad SMARTS) is 1. The predicted octanol–water partition coefficient (Wildman–Crippen LogP) is 2.20. The first-order chi connectivity index (χ1) is 9.25. The second-order valence-electron chi connectivity index (χ2n) is 4.46. The summed E-state index contributed by atoms with van der Waals surface area (Å²) in [5.74, 6) is -1.13. The summed E-state index contributed by atoms with van der Waals surface area (Å²) in [5.41, 5.74) is 1.22. The number of carboxylic acids is 1. The van der Waals surface area contributed by atoms with Crippen molar-refractivity contribution in [2.24, 2.45) is 0 Å². The van der Waals surface area contributed by atoms with Crippen molar-refractivity contribution in [1.29, 1.82) is 0 Å². The monoisotopic (exact) mass is 297 g/mol. The lowest BCUT2D eigenvalue weighted by atomic mass is 10.0. The highest BCUT2D eigenvalue weighted by molar-refractivity contribution is 7.89. The lowest BCUT2D eigenvalue weighted by molar-refractivity contribution is 0.0695. The third kappa shape index (κ3) is 3.08. The number of aryl methyl sites for hydroxylation is 1. The van der Waals surface area contributed by atoms with Gasteiger partial charge in [-0.1, -0.05) is 13.0 Å². The SMILES string of the molecule is C=CCN(CC)S(=O)(=O)c1cc(C)c(C)c(C(=O)O)c1. The van der Waals surface area contributed by atoms with E-state index in [4.69, 9.17) is 5.11 Å². The first-order valence-corrected chi connectivity index (χ1v) is 7.65. The van der Waals surface area contributed by atoms with E-state index in [-0.39, 0.29) is 17.0 Å². The molecule has 0 amide bonds. The first kappa shape index (κ1) is 16.4. The van der Waals surface area contributed by atoms with Crippen LogP contribution in [0.5, 0.6) is 0 Å². The Bertz CT molecular complexity index is 635. The smallest absolute Gasteiger partial charge is 0.336 e. The standard InChI is InChI=1S/C14H19NO4S/c1-5-7-15(6-2)20(18,19)12-8-10(3)11(4)13(9-12)14(16)17/h5,8-9H,1,6-7H2,2-4H3,(H,16,17). The number of hydrogen-bond donors (Lipinski definition) is 1. The minimum atomic E-state index is -3.71. The molecule has 5 nitrogen and oxygen atoms in total. The maximum atomic E-state index is 12.5. The lowest BCUT2D eigenvalue weighted by Gasteiger charge is -2.20. The van der Waals surface area contributed by atoms with Gasteiger partial charge in [-0.05, 0) is 37.1 Å². The summed E-state index contributed by atoms with van der Waals surface area (Å²) in [6.07, 6.45) is 1.50. The van der Waals surface area contributed by atoms with E-state index in [2.05, 4.69) is 6.58 Å². The number of likely N-dealkylation sites (N-methyl/N-ethyl adjacent to an activating group) is 1. The lowest BCUT2D eigenvalue weighted by Crippen LogP contribution is -2.31. The molecule has 0 fully saturated rings. The summed E-state index contributed by atoms with van der Waals surface area (Å²) in [4.78, 5) is 11.2. The molecule has 0 saturated carbocycles. The molecule has 1 aromatic rings. The Morgan fingerprint density at radius 2 is 2.00 bits per heavy atom. The molecule has 20 heavy (non-hydrogen) atoms. The molecule has 0 aromatic heterocycles. The zero-order chi connectivity index (χ0) is 15.5. The van der Waals surface area contributed by atoms with E-state index in [0.29, 0.717) is 17.7 Å². The van der Waals surface area contributed by atoms with Crippen LogP contribution in [0, 0.1) is 13.8 Å². The second kappa shape index (κ2) is 6.19. The fourth-order valence-corrected chi connectivity index (χ4v) is 3.42. The van der Waals surface area contributed by atoms with Gasteiger partial charge in [0.2, 0.25) is 10.0 Å². The van der Waals surface area contributed by atoms with Gasteiger partial charge in [0.1, 0.15) is 0 Å². The number of nitrogens with zero attached hydrogens (tertiary/aromatic N) is 1. The van der Waals surface area contributed by atoms with Crippen LogP contribution in [0.4, 0.5) is 0 Å². The van der Waals surface area contributed by atoms with Gasteiger partial charge >= 0.3 is 5.97 Å². The summed E-state index contributed by atoms with van der Waals surface area (Å²) in [6.45, 7) is 9.10. The van der Waals surface area contributed by atoms with E-state index in [1.165, 1.54) is 22.5 Å². The third-order valence-electron chi connectivity index (χ3n) is 3.19. The molecule has 110 valence electrons. The van der Waals surface area contributed by atoms with Gasteiger partial charge < -0.3 is 5.11 Å². The Balaban J connectivity index is 3.46. The molecule has 0 aliphatic rings. The zero-order valence-corrected chi connectivity index (χ0v) is 12.7. The number of hydrogen-bond acceptors (Lipinski definition) is 3. The number of sulfonamides is 1. The van der Waals surface area contributed by atoms with Crippen LogP contribution in [-0.4, -0.2) is 36.9 Å². The summed E-state index contributed by atoms with van der Waals surface area (Å²) in [5, 5.41) is 9.15. The van der Waals surface area contributed by atoms with Gasteiger partial charge in [0.25, 0.3) is 0 Å². The highest BCUT2D eigenvalue weighted by Gasteiger charge is 2.24. The summed E-state index contributed by atoms with van der Waals surface area (Å²) in [6, 6.07) is 2.72. The van der Waals surface area contributed by atoms with E-state index >= 15 is 0 Å². The van der Waals surface area contributed by atoms with Crippen molar-refractivity contribution in [3.05, 3.63) is 41.5 Å². The van der Waals surface area contributed by atoms with Gasteiger partial charge in [0.05, 0.1) is 10.5 Å². The molecule has 1 aromatic carbocycles. The van der Waals surface area contributed by atoms with Crippen LogP contribution >= 0.6 is 0 Å². The molecule has 0 spiro atoms. The molecular formula is C14H19NO4S. The molecule has 0 bridgehead atoms. The topological polar surface area (TPSA) is 74.7 Å². The van der Waals surface area contributed by atoms with Crippen LogP contribution in [0.15, 0.2) is 29.7 Å². The second-order valence-corrected chi connectivity index (χ2v) is 6.40. The largest absolute Gasteiger partial charge is 0.478 e. The van der Waals surface area contributed by atoms with Gasteiger partial charge in [-0.15, -0.1) is 6.58 Å². The number of benzene rings is 1. The van der Waals surface area contributed by atoms with Crippen LogP contribution in [0.2, 0.25) is 0 Å². The van der Waals surface area contributed by atoms with Crippen molar-refractivity contribution in [3.63, 3.8) is 0 Å². The maximum Gasteiger partial charge on any atom is 0.336 e. The van der Waals surface area contributed by atoms with Gasteiger partial charge in [-0.2, -0.15) is 4.31 Å². The highest BCUT2D eigenvalue weighted by Crippen LogP contribution is 2.22. The molecule has 6 heteroatoms. The average Bonchev–Trinajstić information content (AvgIpc) is 2.38. The molecule has 0 radical (unpaired) electrons. The third-order valence-corrected chi connectivity index (χ3v) is 5.11. The summed E-state index contributed by atoms with van der Waals surface area (Å²) in [7, 11) is -3.71. The summed E-state index contributed by atoms with van der Waals surface area (Å²) >= 11 is 0. The Labute approximate surface area is 119 Å². The van der Waals surface area contributed by atoms with Crippen LogP contribution in [0.1, 0.15) is 28.4 Å². The highest BCUT2D eigenvalue weighted by atomic mass is 32.2. The van der Waals surface area contributed by atoms with E-state index in [9.17, 15) is 13.2 Å². The Morgan fingerprint density at radius 3 is 2.45 bits per heavy atom. The van der Waals surface area contributed by atoms with Crippen molar-refractivity contribution in [3.8, 4) is 0 Å². The van der Waals surface area contributed by atoms with Crippen LogP contribution in [-0.2, 0) is 10.0 Å². The van der Waals surface area contributed by atoms with Crippen molar-refractivity contribution in [2.75, 3.05) is 13.1 Å². The molecule has 0 aliphatic carbocycles. The van der Waals surface area contributed by atoms with E-state index in [1.807, 2.05) is 0 Å². The van der Waals surface area contributed by atoms with E-state index < -0.39 is 16.0 Å². The first-order valence-electron chi connectivity index (χ1n) is 6.21. The van der Waals surface area contributed by atoms with Crippen LogP contribution in [0.25, 0.3) is 0 Å². The van der Waals surface area contributed by atoms with Crippen LogP contribution in [0.3, 0.4) is 0 Å². The number of rotatable bonds is 6. The molecule has 0 heterocycles. The number of aromatic carboxylic acids is 1. The minimum absolute atomic E-state index is 0.00157. The quantitative estimate of drug-likeness (QED) is 0.817. The Hall–Kier alpha value is -1.66. The fourth-order valence-electron chi connectivity index (χ4n) is 1.89. The van der Waals surface area contributed by atoms with Crippen molar-refractivity contribution in [1.82, 2.24) is 4.31 Å². The van der Waals surface area contributed by atoms with Gasteiger partial charge in [0.15, 0.2) is 0 Å². The van der Waals surface area contributed by atoms with Crippen molar-refractivity contribution >= 4 is 16.0 Å².